The van der Waals surface area contributed by atoms with Crippen molar-refractivity contribution in [3.63, 3.8) is 0 Å². The lowest BCUT2D eigenvalue weighted by atomic mass is 10.0. The number of methoxy groups -OCH3 is 1. The van der Waals surface area contributed by atoms with Gasteiger partial charge in [0.2, 0.25) is 0 Å². The maximum atomic E-state index is 11.5. The number of hydrogen-bond acceptors (Lipinski definition) is 3. The second-order valence-electron chi connectivity index (χ2n) is 5.30. The van der Waals surface area contributed by atoms with E-state index in [4.69, 9.17) is 9.47 Å². The van der Waals surface area contributed by atoms with Crippen molar-refractivity contribution in [2.45, 2.75) is 32.5 Å². The lowest BCUT2D eigenvalue weighted by Gasteiger charge is -2.28. The molecule has 0 unspecified atom stereocenters. The van der Waals surface area contributed by atoms with E-state index in [1.807, 2.05) is 32.9 Å². The second-order valence-corrected chi connectivity index (χ2v) is 5.30. The van der Waals surface area contributed by atoms with Crippen LogP contribution in [0, 0.1) is 11.8 Å². The van der Waals surface area contributed by atoms with Crippen LogP contribution in [0.25, 0.3) is 0 Å². The Morgan fingerprint density at radius 3 is 2.56 bits per heavy atom. The van der Waals surface area contributed by atoms with Gasteiger partial charge < -0.3 is 9.47 Å². The number of carbonyl (C=O) groups excluding carboxylic acids is 1. The predicted octanol–water partition coefficient (Wildman–Crippen LogP) is 2.09. The van der Waals surface area contributed by atoms with Crippen LogP contribution in [0.15, 0.2) is 23.8 Å². The first-order chi connectivity index (χ1) is 7.42. The van der Waals surface area contributed by atoms with Gasteiger partial charge >= 0.3 is 5.97 Å². The number of esters is 1. The summed E-state index contributed by atoms with van der Waals surface area (Å²) in [5.74, 6) is 0.0503. The molecule has 0 aromatic rings. The van der Waals surface area contributed by atoms with Crippen LogP contribution in [-0.2, 0) is 14.3 Å². The average molecular weight is 222 g/mol. The fraction of sp³-hybridized carbons (Fsp3) is 0.615. The van der Waals surface area contributed by atoms with E-state index in [1.54, 1.807) is 0 Å². The molecule has 0 spiro atoms. The van der Waals surface area contributed by atoms with E-state index in [0.717, 1.165) is 5.57 Å². The monoisotopic (exact) mass is 222 g/mol. The van der Waals surface area contributed by atoms with E-state index in [2.05, 4.69) is 6.08 Å². The Kier molecular flexibility index (Phi) is 2.66. The van der Waals surface area contributed by atoms with E-state index in [1.165, 1.54) is 7.11 Å². The van der Waals surface area contributed by atoms with Crippen molar-refractivity contribution >= 4 is 5.97 Å². The zero-order valence-corrected chi connectivity index (χ0v) is 10.2. The van der Waals surface area contributed by atoms with Crippen LogP contribution in [0.4, 0.5) is 0 Å². The molecule has 3 atom stereocenters. The van der Waals surface area contributed by atoms with Crippen LogP contribution < -0.4 is 0 Å². The molecular formula is C13H18O3. The summed E-state index contributed by atoms with van der Waals surface area (Å²) in [4.78, 5) is 11.5. The zero-order chi connectivity index (χ0) is 11.9. The van der Waals surface area contributed by atoms with Gasteiger partial charge in [0.25, 0.3) is 0 Å². The second kappa shape index (κ2) is 3.74. The smallest absolute Gasteiger partial charge is 0.334 e. The van der Waals surface area contributed by atoms with Gasteiger partial charge in [0.05, 0.1) is 18.8 Å². The predicted molar refractivity (Wildman–Crippen MR) is 60.8 cm³/mol. The summed E-state index contributed by atoms with van der Waals surface area (Å²) < 4.78 is 10.8. The summed E-state index contributed by atoms with van der Waals surface area (Å²) >= 11 is 0. The van der Waals surface area contributed by atoms with Gasteiger partial charge in [-0.2, -0.15) is 0 Å². The summed E-state index contributed by atoms with van der Waals surface area (Å²) in [6.07, 6.45) is 6.18. The summed E-state index contributed by atoms with van der Waals surface area (Å²) in [6.45, 7) is 6.09. The number of hydrogen-bond donors (Lipinski definition) is 0. The molecule has 0 amide bonds. The molecule has 3 nitrogen and oxygen atoms in total. The van der Waals surface area contributed by atoms with Gasteiger partial charge in [-0.25, -0.2) is 4.79 Å². The third-order valence-corrected chi connectivity index (χ3v) is 2.92. The Morgan fingerprint density at radius 2 is 2.00 bits per heavy atom. The first-order valence-electron chi connectivity index (χ1n) is 5.58. The van der Waals surface area contributed by atoms with Crippen LogP contribution in [0.3, 0.4) is 0 Å². The Hall–Kier alpha value is -1.09. The van der Waals surface area contributed by atoms with Gasteiger partial charge in [-0.15, -0.1) is 0 Å². The summed E-state index contributed by atoms with van der Waals surface area (Å²) in [5.41, 5.74) is 0.552. The molecule has 0 N–H and O–H groups in total. The SMILES string of the molecule is COC(=O)C1=C[C@H]2C=C[C@@H]1[C@@H]2OC(C)(C)C. The Morgan fingerprint density at radius 1 is 1.31 bits per heavy atom. The number of rotatable bonds is 2. The molecule has 2 aliphatic rings. The molecule has 0 radical (unpaired) electrons. The molecule has 0 aliphatic heterocycles. The average Bonchev–Trinajstić information content (AvgIpc) is 2.72. The lowest BCUT2D eigenvalue weighted by Crippen LogP contribution is -2.32. The first-order valence-corrected chi connectivity index (χ1v) is 5.58. The molecule has 0 heterocycles. The van der Waals surface area contributed by atoms with Gasteiger partial charge in [0.1, 0.15) is 0 Å². The first kappa shape index (κ1) is 11.4. The van der Waals surface area contributed by atoms with Crippen LogP contribution in [0.1, 0.15) is 20.8 Å². The molecule has 0 fully saturated rings. The fourth-order valence-corrected chi connectivity index (χ4v) is 2.34. The minimum Gasteiger partial charge on any atom is -0.466 e. The highest BCUT2D eigenvalue weighted by Crippen LogP contribution is 2.42. The zero-order valence-electron chi connectivity index (χ0n) is 10.2. The Bertz CT molecular complexity index is 360. The summed E-state index contributed by atoms with van der Waals surface area (Å²) in [6, 6.07) is 0. The van der Waals surface area contributed by atoms with Gasteiger partial charge in [0.15, 0.2) is 0 Å². The molecule has 0 aromatic heterocycles. The minimum absolute atomic E-state index is 0.0640. The van der Waals surface area contributed by atoms with Crippen LogP contribution in [0.2, 0.25) is 0 Å². The topological polar surface area (TPSA) is 35.5 Å². The van der Waals surface area contributed by atoms with Gasteiger partial charge in [-0.3, -0.25) is 0 Å². The van der Waals surface area contributed by atoms with E-state index in [9.17, 15) is 4.79 Å². The summed E-state index contributed by atoms with van der Waals surface area (Å²) in [5, 5.41) is 0. The van der Waals surface area contributed by atoms with E-state index in [0.29, 0.717) is 0 Å². The highest BCUT2D eigenvalue weighted by atomic mass is 16.5. The van der Waals surface area contributed by atoms with Gasteiger partial charge in [0, 0.05) is 17.4 Å². The number of ether oxygens (including phenoxy) is 2. The lowest BCUT2D eigenvalue weighted by molar-refractivity contribution is -0.137. The normalized spacial score (nSPS) is 31.8. The molecule has 88 valence electrons. The van der Waals surface area contributed by atoms with Crippen molar-refractivity contribution in [2.24, 2.45) is 11.8 Å². The van der Waals surface area contributed by atoms with Crippen LogP contribution in [-0.4, -0.2) is 24.8 Å². The van der Waals surface area contributed by atoms with E-state index < -0.39 is 0 Å². The van der Waals surface area contributed by atoms with E-state index in [-0.39, 0.29) is 29.5 Å². The Balaban J connectivity index is 2.11. The Labute approximate surface area is 96.1 Å². The highest BCUT2D eigenvalue weighted by Gasteiger charge is 2.44. The maximum Gasteiger partial charge on any atom is 0.334 e. The number of fused-ring (bicyclic) bond motifs is 2. The molecule has 0 aromatic carbocycles. The van der Waals surface area contributed by atoms with Gasteiger partial charge in [-0.1, -0.05) is 18.2 Å². The third kappa shape index (κ3) is 1.92. The van der Waals surface area contributed by atoms with Crippen molar-refractivity contribution in [1.29, 1.82) is 0 Å². The molecule has 0 saturated heterocycles. The minimum atomic E-state index is -0.237. The van der Waals surface area contributed by atoms with Crippen molar-refractivity contribution in [3.05, 3.63) is 23.8 Å². The van der Waals surface area contributed by atoms with Crippen molar-refractivity contribution in [3.8, 4) is 0 Å². The van der Waals surface area contributed by atoms with Crippen LogP contribution in [0.5, 0.6) is 0 Å². The van der Waals surface area contributed by atoms with Crippen molar-refractivity contribution < 1.29 is 14.3 Å². The van der Waals surface area contributed by atoms with Crippen LogP contribution >= 0.6 is 0 Å². The van der Waals surface area contributed by atoms with Gasteiger partial charge in [-0.05, 0) is 20.8 Å². The fourth-order valence-electron chi connectivity index (χ4n) is 2.34. The molecule has 2 aliphatic carbocycles. The number of carbonyl (C=O) groups is 1. The molecule has 3 heteroatoms. The third-order valence-electron chi connectivity index (χ3n) is 2.92. The molecule has 2 rings (SSSR count). The quantitative estimate of drug-likeness (QED) is 0.530. The summed E-state index contributed by atoms with van der Waals surface area (Å²) in [7, 11) is 1.42. The standard InChI is InChI=1S/C13H18O3/c1-13(2,3)16-11-8-5-6-9(11)10(7-8)12(14)15-4/h5-9,11H,1-4H3/t8-,9+,11-/m1/s1. The van der Waals surface area contributed by atoms with Crippen molar-refractivity contribution in [2.75, 3.05) is 7.11 Å². The highest BCUT2D eigenvalue weighted by molar-refractivity contribution is 5.90. The molecule has 16 heavy (non-hydrogen) atoms. The maximum absolute atomic E-state index is 11.5. The molecule has 0 saturated carbocycles. The largest absolute Gasteiger partial charge is 0.466 e. The molecular weight excluding hydrogens is 204 g/mol. The molecule has 2 bridgehead atoms. The van der Waals surface area contributed by atoms with E-state index >= 15 is 0 Å². The van der Waals surface area contributed by atoms with Crippen molar-refractivity contribution in [1.82, 2.24) is 0 Å².